The van der Waals surface area contributed by atoms with Gasteiger partial charge in [-0.3, -0.25) is 4.79 Å². The highest BCUT2D eigenvalue weighted by Crippen LogP contribution is 2.43. The standard InChI is InChI=1S/C15H21NO2/c1-14(2)15(3,10-13(17)16-14)9-11-7-5-6-8-12(11)18-4/h5-8H,9-10H2,1-4H3,(H,16,17). The molecule has 3 nitrogen and oxygen atoms in total. The molecular formula is C15H21NO2. The quantitative estimate of drug-likeness (QED) is 0.891. The molecular weight excluding hydrogens is 226 g/mol. The van der Waals surface area contributed by atoms with Gasteiger partial charge in [-0.05, 0) is 31.9 Å². The van der Waals surface area contributed by atoms with Crippen LogP contribution in [0, 0.1) is 5.41 Å². The fourth-order valence-corrected chi connectivity index (χ4v) is 2.67. The van der Waals surface area contributed by atoms with Gasteiger partial charge in [0.15, 0.2) is 0 Å². The third kappa shape index (κ3) is 2.09. The maximum atomic E-state index is 11.7. The Morgan fingerprint density at radius 3 is 2.50 bits per heavy atom. The van der Waals surface area contributed by atoms with E-state index in [0.717, 1.165) is 17.7 Å². The molecule has 1 saturated heterocycles. The molecule has 1 unspecified atom stereocenters. The minimum atomic E-state index is -0.190. The fraction of sp³-hybridized carbons (Fsp3) is 0.533. The molecule has 1 amide bonds. The molecule has 0 aliphatic carbocycles. The lowest BCUT2D eigenvalue weighted by Gasteiger charge is -2.37. The molecule has 1 heterocycles. The van der Waals surface area contributed by atoms with Gasteiger partial charge in [-0.2, -0.15) is 0 Å². The van der Waals surface area contributed by atoms with E-state index in [-0.39, 0.29) is 16.9 Å². The summed E-state index contributed by atoms with van der Waals surface area (Å²) >= 11 is 0. The van der Waals surface area contributed by atoms with Crippen molar-refractivity contribution in [1.29, 1.82) is 0 Å². The summed E-state index contributed by atoms with van der Waals surface area (Å²) in [7, 11) is 1.68. The van der Waals surface area contributed by atoms with Crippen LogP contribution < -0.4 is 10.1 Å². The van der Waals surface area contributed by atoms with Crippen molar-refractivity contribution in [2.75, 3.05) is 7.11 Å². The molecule has 1 aromatic carbocycles. The number of benzene rings is 1. The van der Waals surface area contributed by atoms with E-state index in [4.69, 9.17) is 4.74 Å². The summed E-state index contributed by atoms with van der Waals surface area (Å²) < 4.78 is 5.39. The average Bonchev–Trinajstić information content (AvgIpc) is 2.47. The highest BCUT2D eigenvalue weighted by atomic mass is 16.5. The Labute approximate surface area is 109 Å². The van der Waals surface area contributed by atoms with Gasteiger partial charge in [-0.25, -0.2) is 0 Å². The van der Waals surface area contributed by atoms with Crippen molar-refractivity contribution in [2.24, 2.45) is 5.41 Å². The molecule has 2 rings (SSSR count). The topological polar surface area (TPSA) is 38.3 Å². The van der Waals surface area contributed by atoms with Gasteiger partial charge in [0.25, 0.3) is 0 Å². The first kappa shape index (κ1) is 12.9. The smallest absolute Gasteiger partial charge is 0.221 e. The highest BCUT2D eigenvalue weighted by molar-refractivity contribution is 5.80. The number of para-hydroxylation sites is 1. The Balaban J connectivity index is 2.30. The number of nitrogens with one attached hydrogen (secondary N) is 1. The van der Waals surface area contributed by atoms with E-state index < -0.39 is 0 Å². The lowest BCUT2D eigenvalue weighted by Crippen LogP contribution is -2.46. The highest BCUT2D eigenvalue weighted by Gasteiger charge is 2.49. The molecule has 1 aromatic rings. The number of carbonyl (C=O) groups excluding carboxylic acids is 1. The normalized spacial score (nSPS) is 25.9. The van der Waals surface area contributed by atoms with Crippen molar-refractivity contribution in [2.45, 2.75) is 39.2 Å². The summed E-state index contributed by atoms with van der Waals surface area (Å²) in [4.78, 5) is 11.7. The van der Waals surface area contributed by atoms with Crippen LogP contribution in [0.3, 0.4) is 0 Å². The van der Waals surface area contributed by atoms with Gasteiger partial charge in [-0.15, -0.1) is 0 Å². The van der Waals surface area contributed by atoms with E-state index in [0.29, 0.717) is 6.42 Å². The molecule has 0 aromatic heterocycles. The summed E-state index contributed by atoms with van der Waals surface area (Å²) in [6.45, 7) is 6.35. The van der Waals surface area contributed by atoms with Gasteiger partial charge < -0.3 is 10.1 Å². The van der Waals surface area contributed by atoms with E-state index in [1.165, 1.54) is 0 Å². The van der Waals surface area contributed by atoms with Gasteiger partial charge in [0.05, 0.1) is 7.11 Å². The van der Waals surface area contributed by atoms with Gasteiger partial charge in [0.1, 0.15) is 5.75 Å². The monoisotopic (exact) mass is 247 g/mol. The Bertz CT molecular complexity index is 467. The molecule has 1 atom stereocenters. The first-order valence-corrected chi connectivity index (χ1v) is 6.31. The second-order valence-electron chi connectivity index (χ2n) is 5.90. The van der Waals surface area contributed by atoms with Gasteiger partial charge in [-0.1, -0.05) is 25.1 Å². The Morgan fingerprint density at radius 2 is 1.94 bits per heavy atom. The third-order valence-electron chi connectivity index (χ3n) is 4.28. The summed E-state index contributed by atoms with van der Waals surface area (Å²) in [5.74, 6) is 1.03. The number of rotatable bonds is 3. The van der Waals surface area contributed by atoms with E-state index >= 15 is 0 Å². The van der Waals surface area contributed by atoms with Crippen molar-refractivity contribution in [3.63, 3.8) is 0 Å². The number of carbonyl (C=O) groups is 1. The molecule has 1 fully saturated rings. The van der Waals surface area contributed by atoms with Crippen LogP contribution in [-0.2, 0) is 11.2 Å². The predicted molar refractivity (Wildman–Crippen MR) is 71.6 cm³/mol. The zero-order chi connectivity index (χ0) is 13.4. The number of hydrogen-bond donors (Lipinski definition) is 1. The van der Waals surface area contributed by atoms with Crippen molar-refractivity contribution in [3.8, 4) is 5.75 Å². The van der Waals surface area contributed by atoms with Crippen molar-refractivity contribution >= 4 is 5.91 Å². The zero-order valence-electron chi connectivity index (χ0n) is 11.5. The molecule has 18 heavy (non-hydrogen) atoms. The summed E-state index contributed by atoms with van der Waals surface area (Å²) in [5.41, 5.74) is 0.885. The summed E-state index contributed by atoms with van der Waals surface area (Å²) in [6.07, 6.45) is 1.40. The Kier molecular flexibility index (Phi) is 3.09. The van der Waals surface area contributed by atoms with Crippen molar-refractivity contribution in [3.05, 3.63) is 29.8 Å². The Hall–Kier alpha value is -1.51. The molecule has 0 saturated carbocycles. The lowest BCUT2D eigenvalue weighted by atomic mass is 9.70. The van der Waals surface area contributed by atoms with Crippen molar-refractivity contribution in [1.82, 2.24) is 5.32 Å². The molecule has 1 aliphatic heterocycles. The van der Waals surface area contributed by atoms with Gasteiger partial charge in [0, 0.05) is 17.4 Å². The Morgan fingerprint density at radius 1 is 1.28 bits per heavy atom. The van der Waals surface area contributed by atoms with E-state index in [1.807, 2.05) is 18.2 Å². The number of methoxy groups -OCH3 is 1. The van der Waals surface area contributed by atoms with Crippen LogP contribution in [0.15, 0.2) is 24.3 Å². The molecule has 0 bridgehead atoms. The van der Waals surface area contributed by atoms with Crippen LogP contribution in [0.2, 0.25) is 0 Å². The molecule has 0 radical (unpaired) electrons. The molecule has 1 aliphatic rings. The SMILES string of the molecule is COc1ccccc1CC1(C)CC(=O)NC1(C)C. The number of amides is 1. The largest absolute Gasteiger partial charge is 0.496 e. The lowest BCUT2D eigenvalue weighted by molar-refractivity contribution is -0.119. The van der Waals surface area contributed by atoms with Crippen LogP contribution >= 0.6 is 0 Å². The molecule has 1 N–H and O–H groups in total. The fourth-order valence-electron chi connectivity index (χ4n) is 2.67. The third-order valence-corrected chi connectivity index (χ3v) is 4.28. The van der Waals surface area contributed by atoms with E-state index in [2.05, 4.69) is 32.2 Å². The van der Waals surface area contributed by atoms with E-state index in [1.54, 1.807) is 7.11 Å². The van der Waals surface area contributed by atoms with Crippen molar-refractivity contribution < 1.29 is 9.53 Å². The minimum absolute atomic E-state index is 0.0846. The average molecular weight is 247 g/mol. The van der Waals surface area contributed by atoms with E-state index in [9.17, 15) is 4.79 Å². The summed E-state index contributed by atoms with van der Waals surface area (Å²) in [5, 5.41) is 3.06. The van der Waals surface area contributed by atoms with Crippen LogP contribution in [0.1, 0.15) is 32.8 Å². The maximum absolute atomic E-state index is 11.7. The van der Waals surface area contributed by atoms with Crippen LogP contribution in [0.25, 0.3) is 0 Å². The minimum Gasteiger partial charge on any atom is -0.496 e. The second-order valence-corrected chi connectivity index (χ2v) is 5.90. The molecule has 0 spiro atoms. The number of ether oxygens (including phenoxy) is 1. The molecule has 98 valence electrons. The van der Waals surface area contributed by atoms with Crippen LogP contribution in [0.5, 0.6) is 5.75 Å². The van der Waals surface area contributed by atoms with Gasteiger partial charge in [0.2, 0.25) is 5.91 Å². The zero-order valence-corrected chi connectivity index (χ0v) is 11.5. The maximum Gasteiger partial charge on any atom is 0.221 e. The summed E-state index contributed by atoms with van der Waals surface area (Å²) in [6, 6.07) is 8.02. The number of hydrogen-bond acceptors (Lipinski definition) is 2. The predicted octanol–water partition coefficient (Wildman–Crippen LogP) is 2.54. The van der Waals surface area contributed by atoms with Gasteiger partial charge >= 0.3 is 0 Å². The van der Waals surface area contributed by atoms with Crippen LogP contribution in [0.4, 0.5) is 0 Å². The molecule has 3 heteroatoms. The second kappa shape index (κ2) is 4.30. The van der Waals surface area contributed by atoms with Crippen LogP contribution in [-0.4, -0.2) is 18.6 Å². The first-order chi connectivity index (χ1) is 8.38. The first-order valence-electron chi connectivity index (χ1n) is 6.31.